The SMILES string of the molecule is CCc1cc(-c2nc(CCl)no2)ccc1F. The van der Waals surface area contributed by atoms with Crippen LogP contribution < -0.4 is 0 Å². The summed E-state index contributed by atoms with van der Waals surface area (Å²) in [7, 11) is 0. The summed E-state index contributed by atoms with van der Waals surface area (Å²) >= 11 is 5.57. The van der Waals surface area contributed by atoms with E-state index in [4.69, 9.17) is 16.1 Å². The van der Waals surface area contributed by atoms with E-state index in [-0.39, 0.29) is 11.7 Å². The summed E-state index contributed by atoms with van der Waals surface area (Å²) in [5, 5.41) is 3.68. The van der Waals surface area contributed by atoms with Crippen molar-refractivity contribution >= 4 is 11.6 Å². The lowest BCUT2D eigenvalue weighted by molar-refractivity contribution is 0.425. The van der Waals surface area contributed by atoms with E-state index in [2.05, 4.69) is 10.1 Å². The van der Waals surface area contributed by atoms with Gasteiger partial charge >= 0.3 is 0 Å². The molecule has 0 saturated heterocycles. The summed E-state index contributed by atoms with van der Waals surface area (Å²) in [6.07, 6.45) is 0.621. The fourth-order valence-electron chi connectivity index (χ4n) is 1.40. The van der Waals surface area contributed by atoms with Crippen LogP contribution >= 0.6 is 11.6 Å². The Kier molecular flexibility index (Phi) is 3.19. The Morgan fingerprint density at radius 2 is 2.25 bits per heavy atom. The topological polar surface area (TPSA) is 38.9 Å². The Morgan fingerprint density at radius 3 is 2.88 bits per heavy atom. The molecule has 0 fully saturated rings. The number of hydrogen-bond donors (Lipinski definition) is 0. The van der Waals surface area contributed by atoms with Crippen molar-refractivity contribution in [3.05, 3.63) is 35.4 Å². The third-order valence-electron chi connectivity index (χ3n) is 2.26. The van der Waals surface area contributed by atoms with Crippen molar-refractivity contribution in [2.24, 2.45) is 0 Å². The van der Waals surface area contributed by atoms with Crippen LogP contribution in [-0.2, 0) is 12.3 Å². The first kappa shape index (κ1) is 11.1. The molecule has 0 aliphatic heterocycles. The molecule has 0 saturated carbocycles. The highest BCUT2D eigenvalue weighted by molar-refractivity contribution is 6.16. The highest BCUT2D eigenvalue weighted by atomic mass is 35.5. The van der Waals surface area contributed by atoms with Crippen LogP contribution in [0.2, 0.25) is 0 Å². The van der Waals surface area contributed by atoms with Crippen molar-refractivity contribution in [1.82, 2.24) is 10.1 Å². The van der Waals surface area contributed by atoms with Gasteiger partial charge in [-0.05, 0) is 30.2 Å². The second-order valence-corrected chi connectivity index (χ2v) is 3.58. The van der Waals surface area contributed by atoms with Crippen molar-refractivity contribution in [1.29, 1.82) is 0 Å². The molecule has 2 aromatic rings. The van der Waals surface area contributed by atoms with Crippen LogP contribution in [0.5, 0.6) is 0 Å². The highest BCUT2D eigenvalue weighted by Crippen LogP contribution is 2.21. The first-order chi connectivity index (χ1) is 7.74. The summed E-state index contributed by atoms with van der Waals surface area (Å²) in [5.41, 5.74) is 1.34. The molecule has 1 heterocycles. The van der Waals surface area contributed by atoms with E-state index in [1.54, 1.807) is 12.1 Å². The van der Waals surface area contributed by atoms with Gasteiger partial charge in [0.05, 0.1) is 5.88 Å². The summed E-state index contributed by atoms with van der Waals surface area (Å²) in [6.45, 7) is 1.89. The van der Waals surface area contributed by atoms with E-state index < -0.39 is 0 Å². The number of halogens is 2. The second-order valence-electron chi connectivity index (χ2n) is 3.31. The number of aryl methyl sites for hydroxylation is 1. The maximum atomic E-state index is 13.3. The van der Waals surface area contributed by atoms with E-state index in [9.17, 15) is 4.39 Å². The monoisotopic (exact) mass is 240 g/mol. The molecular weight excluding hydrogens is 231 g/mol. The molecule has 0 aliphatic carbocycles. The van der Waals surface area contributed by atoms with Gasteiger partial charge in [-0.15, -0.1) is 11.6 Å². The predicted octanol–water partition coefficient (Wildman–Crippen LogP) is 3.18. The number of rotatable bonds is 3. The zero-order chi connectivity index (χ0) is 11.5. The number of alkyl halides is 1. The van der Waals surface area contributed by atoms with Crippen LogP contribution in [0.15, 0.2) is 22.7 Å². The zero-order valence-corrected chi connectivity index (χ0v) is 9.46. The van der Waals surface area contributed by atoms with Crippen molar-refractivity contribution in [2.45, 2.75) is 19.2 Å². The summed E-state index contributed by atoms with van der Waals surface area (Å²) < 4.78 is 18.3. The molecule has 2 rings (SSSR count). The number of benzene rings is 1. The van der Waals surface area contributed by atoms with Crippen LogP contribution in [0.4, 0.5) is 4.39 Å². The average molecular weight is 241 g/mol. The molecular formula is C11H10ClFN2O. The fourth-order valence-corrected chi connectivity index (χ4v) is 1.51. The van der Waals surface area contributed by atoms with Gasteiger partial charge in [0, 0.05) is 5.56 Å². The van der Waals surface area contributed by atoms with Gasteiger partial charge in [-0.25, -0.2) is 4.39 Å². The minimum atomic E-state index is -0.219. The van der Waals surface area contributed by atoms with Gasteiger partial charge in [0.2, 0.25) is 0 Å². The molecule has 0 bridgehead atoms. The lowest BCUT2D eigenvalue weighted by Crippen LogP contribution is -1.89. The quantitative estimate of drug-likeness (QED) is 0.774. The number of aromatic nitrogens is 2. The van der Waals surface area contributed by atoms with E-state index in [1.807, 2.05) is 6.92 Å². The molecule has 0 aliphatic rings. The van der Waals surface area contributed by atoms with Crippen molar-refractivity contribution in [3.63, 3.8) is 0 Å². The Balaban J connectivity index is 2.40. The van der Waals surface area contributed by atoms with Gasteiger partial charge in [0.15, 0.2) is 5.82 Å². The van der Waals surface area contributed by atoms with Crippen LogP contribution in [0.3, 0.4) is 0 Å². The molecule has 0 spiro atoms. The maximum Gasteiger partial charge on any atom is 0.257 e. The first-order valence-electron chi connectivity index (χ1n) is 4.92. The fraction of sp³-hybridized carbons (Fsp3) is 0.273. The summed E-state index contributed by atoms with van der Waals surface area (Å²) in [5.74, 6) is 0.776. The largest absolute Gasteiger partial charge is 0.334 e. The normalized spacial score (nSPS) is 10.7. The summed E-state index contributed by atoms with van der Waals surface area (Å²) in [4.78, 5) is 4.07. The maximum absolute atomic E-state index is 13.3. The Bertz CT molecular complexity index is 498. The van der Waals surface area contributed by atoms with Crippen LogP contribution in [-0.4, -0.2) is 10.1 Å². The lowest BCUT2D eigenvalue weighted by atomic mass is 10.1. The van der Waals surface area contributed by atoms with Crippen molar-refractivity contribution in [3.8, 4) is 11.5 Å². The van der Waals surface area contributed by atoms with Gasteiger partial charge in [-0.3, -0.25) is 0 Å². The smallest absolute Gasteiger partial charge is 0.257 e. The predicted molar refractivity (Wildman–Crippen MR) is 58.6 cm³/mol. The van der Waals surface area contributed by atoms with E-state index in [0.717, 1.165) is 0 Å². The van der Waals surface area contributed by atoms with E-state index in [1.165, 1.54) is 6.07 Å². The number of nitrogens with zero attached hydrogens (tertiary/aromatic N) is 2. The average Bonchev–Trinajstić information content (AvgIpc) is 2.78. The van der Waals surface area contributed by atoms with E-state index >= 15 is 0 Å². The molecule has 5 heteroatoms. The van der Waals surface area contributed by atoms with Gasteiger partial charge in [-0.2, -0.15) is 4.98 Å². The van der Waals surface area contributed by atoms with Gasteiger partial charge in [0.1, 0.15) is 5.82 Å². The molecule has 0 atom stereocenters. The van der Waals surface area contributed by atoms with Crippen LogP contribution in [0, 0.1) is 5.82 Å². The molecule has 16 heavy (non-hydrogen) atoms. The van der Waals surface area contributed by atoms with Crippen LogP contribution in [0.25, 0.3) is 11.5 Å². The number of hydrogen-bond acceptors (Lipinski definition) is 3. The third-order valence-corrected chi connectivity index (χ3v) is 2.50. The molecule has 0 N–H and O–H groups in total. The Hall–Kier alpha value is -1.42. The zero-order valence-electron chi connectivity index (χ0n) is 8.70. The molecule has 0 unspecified atom stereocenters. The molecule has 0 amide bonds. The minimum absolute atomic E-state index is 0.200. The standard InChI is InChI=1S/C11H10ClFN2O/c1-2-7-5-8(3-4-9(7)13)11-14-10(6-12)15-16-11/h3-5H,2,6H2,1H3. The van der Waals surface area contributed by atoms with Gasteiger partial charge in [-0.1, -0.05) is 12.1 Å². The third kappa shape index (κ3) is 2.07. The molecule has 1 aromatic carbocycles. The second kappa shape index (κ2) is 4.61. The Morgan fingerprint density at radius 1 is 1.44 bits per heavy atom. The van der Waals surface area contributed by atoms with E-state index in [0.29, 0.717) is 29.3 Å². The van der Waals surface area contributed by atoms with Gasteiger partial charge in [0.25, 0.3) is 5.89 Å². The molecule has 84 valence electrons. The van der Waals surface area contributed by atoms with Crippen LogP contribution in [0.1, 0.15) is 18.3 Å². The molecule has 1 aromatic heterocycles. The van der Waals surface area contributed by atoms with Gasteiger partial charge < -0.3 is 4.52 Å². The first-order valence-corrected chi connectivity index (χ1v) is 5.45. The molecule has 3 nitrogen and oxygen atoms in total. The molecule has 0 radical (unpaired) electrons. The lowest BCUT2D eigenvalue weighted by Gasteiger charge is -2.00. The summed E-state index contributed by atoms with van der Waals surface area (Å²) in [6, 6.07) is 4.72. The van der Waals surface area contributed by atoms with Crippen molar-refractivity contribution in [2.75, 3.05) is 0 Å². The Labute approximate surface area is 97.2 Å². The highest BCUT2D eigenvalue weighted by Gasteiger charge is 2.10. The van der Waals surface area contributed by atoms with Crippen molar-refractivity contribution < 1.29 is 8.91 Å². The minimum Gasteiger partial charge on any atom is -0.334 e.